The second kappa shape index (κ2) is 4.76. The highest BCUT2D eigenvalue weighted by Crippen LogP contribution is 2.34. The Morgan fingerprint density at radius 2 is 2.11 bits per heavy atom. The maximum absolute atomic E-state index is 12.3. The third-order valence-electron chi connectivity index (χ3n) is 3.41. The monoisotopic (exact) mass is 261 g/mol. The molecule has 1 amide bonds. The number of fused-ring (bicyclic) bond motifs is 1. The number of nitrogens with zero attached hydrogens (tertiary/aromatic N) is 1. The van der Waals surface area contributed by atoms with E-state index < -0.39 is 0 Å². The number of hydrogen-bond donors (Lipinski definition) is 2. The van der Waals surface area contributed by atoms with E-state index in [4.69, 9.17) is 5.73 Å². The van der Waals surface area contributed by atoms with Crippen molar-refractivity contribution in [2.45, 2.75) is 45.7 Å². The molecule has 4 heteroatoms. The Morgan fingerprint density at radius 3 is 2.74 bits per heavy atom. The zero-order valence-electron chi connectivity index (χ0n) is 12.2. The fraction of sp³-hybridized carbons (Fsp3) is 0.533. The van der Waals surface area contributed by atoms with E-state index >= 15 is 0 Å². The van der Waals surface area contributed by atoms with Gasteiger partial charge in [-0.1, -0.05) is 12.1 Å². The lowest BCUT2D eigenvalue weighted by molar-refractivity contribution is -0.123. The van der Waals surface area contributed by atoms with Crippen molar-refractivity contribution in [3.05, 3.63) is 23.8 Å². The summed E-state index contributed by atoms with van der Waals surface area (Å²) in [6.07, 6.45) is 0.952. The molecule has 0 bridgehead atoms. The Hall–Kier alpha value is -1.71. The predicted octanol–water partition coefficient (Wildman–Crippen LogP) is 1.93. The summed E-state index contributed by atoms with van der Waals surface area (Å²) in [6, 6.07) is 5.74. The van der Waals surface area contributed by atoms with Crippen LogP contribution in [0.3, 0.4) is 0 Å². The molecule has 0 aliphatic carbocycles. The Bertz CT molecular complexity index is 491. The molecule has 0 radical (unpaired) electrons. The summed E-state index contributed by atoms with van der Waals surface area (Å²) in [5.41, 5.74) is 8.86. The third-order valence-corrected chi connectivity index (χ3v) is 3.41. The van der Waals surface area contributed by atoms with Crippen LogP contribution in [0.15, 0.2) is 18.2 Å². The Labute approximate surface area is 115 Å². The van der Waals surface area contributed by atoms with Crippen molar-refractivity contribution in [3.8, 4) is 0 Å². The molecule has 1 aliphatic rings. The molecule has 104 valence electrons. The number of nitrogens with one attached hydrogen (secondary N) is 1. The molecule has 19 heavy (non-hydrogen) atoms. The number of nitrogens with two attached hydrogens (primary N) is 1. The van der Waals surface area contributed by atoms with E-state index in [1.807, 2.05) is 39.8 Å². The zero-order chi connectivity index (χ0) is 14.2. The molecule has 0 aromatic heterocycles. The highest BCUT2D eigenvalue weighted by atomic mass is 16.2. The van der Waals surface area contributed by atoms with Crippen LogP contribution in [0.5, 0.6) is 0 Å². The standard InChI is InChI=1S/C15H23N3O/c1-10(14(19)17-15(2,3)4)18-9-8-11-6-5-7-12(16)13(11)18/h5-7,10H,8-9,16H2,1-4H3,(H,17,19). The van der Waals surface area contributed by atoms with E-state index in [2.05, 4.69) is 16.3 Å². The molecule has 1 heterocycles. The molecule has 0 spiro atoms. The van der Waals surface area contributed by atoms with Crippen LogP contribution in [0.4, 0.5) is 11.4 Å². The Balaban J connectivity index is 2.20. The number of para-hydroxylation sites is 1. The quantitative estimate of drug-likeness (QED) is 0.800. The molecule has 1 aromatic carbocycles. The number of rotatable bonds is 2. The number of anilines is 2. The fourth-order valence-corrected chi connectivity index (χ4v) is 2.52. The van der Waals surface area contributed by atoms with E-state index in [9.17, 15) is 4.79 Å². The van der Waals surface area contributed by atoms with Crippen LogP contribution >= 0.6 is 0 Å². The molecule has 1 aliphatic heterocycles. The number of nitrogen functional groups attached to an aromatic ring is 1. The lowest BCUT2D eigenvalue weighted by atomic mass is 10.1. The second-order valence-electron chi connectivity index (χ2n) is 6.21. The number of carbonyl (C=O) groups is 1. The smallest absolute Gasteiger partial charge is 0.242 e. The van der Waals surface area contributed by atoms with E-state index in [-0.39, 0.29) is 17.5 Å². The lowest BCUT2D eigenvalue weighted by Gasteiger charge is -2.30. The normalized spacial score (nSPS) is 16.1. The minimum atomic E-state index is -0.212. The van der Waals surface area contributed by atoms with E-state index in [0.29, 0.717) is 0 Å². The first-order valence-corrected chi connectivity index (χ1v) is 6.75. The average molecular weight is 261 g/mol. The largest absolute Gasteiger partial charge is 0.397 e. The van der Waals surface area contributed by atoms with Gasteiger partial charge in [0.1, 0.15) is 6.04 Å². The summed E-state index contributed by atoms with van der Waals surface area (Å²) in [6.45, 7) is 8.75. The average Bonchev–Trinajstić information content (AvgIpc) is 2.71. The number of amides is 1. The van der Waals surface area contributed by atoms with Crippen molar-refractivity contribution in [2.24, 2.45) is 0 Å². The SMILES string of the molecule is CC(C(=O)NC(C)(C)C)N1CCc2cccc(N)c21. The van der Waals surface area contributed by atoms with Gasteiger partial charge in [0.2, 0.25) is 5.91 Å². The second-order valence-corrected chi connectivity index (χ2v) is 6.21. The number of carbonyl (C=O) groups excluding carboxylic acids is 1. The van der Waals surface area contributed by atoms with Gasteiger partial charge in [-0.25, -0.2) is 0 Å². The maximum atomic E-state index is 12.3. The molecule has 0 saturated heterocycles. The third kappa shape index (κ3) is 2.83. The van der Waals surface area contributed by atoms with Crippen molar-refractivity contribution in [1.29, 1.82) is 0 Å². The van der Waals surface area contributed by atoms with Gasteiger partial charge in [-0.05, 0) is 45.7 Å². The summed E-state index contributed by atoms with van der Waals surface area (Å²) >= 11 is 0. The van der Waals surface area contributed by atoms with Gasteiger partial charge in [0.15, 0.2) is 0 Å². The van der Waals surface area contributed by atoms with Crippen molar-refractivity contribution in [1.82, 2.24) is 5.32 Å². The van der Waals surface area contributed by atoms with Gasteiger partial charge >= 0.3 is 0 Å². The minimum Gasteiger partial charge on any atom is -0.397 e. The first-order chi connectivity index (χ1) is 8.79. The molecule has 2 rings (SSSR count). The van der Waals surface area contributed by atoms with Gasteiger partial charge in [-0.15, -0.1) is 0 Å². The summed E-state index contributed by atoms with van der Waals surface area (Å²) in [5.74, 6) is 0.0450. The van der Waals surface area contributed by atoms with E-state index in [1.54, 1.807) is 0 Å². The van der Waals surface area contributed by atoms with Gasteiger partial charge < -0.3 is 16.0 Å². The van der Waals surface area contributed by atoms with Gasteiger partial charge in [0, 0.05) is 12.1 Å². The topological polar surface area (TPSA) is 58.4 Å². The molecule has 3 N–H and O–H groups in total. The molecule has 1 atom stereocenters. The van der Waals surface area contributed by atoms with Crippen LogP contribution in [0.2, 0.25) is 0 Å². The van der Waals surface area contributed by atoms with Gasteiger partial charge in [0.25, 0.3) is 0 Å². The highest BCUT2D eigenvalue weighted by Gasteiger charge is 2.30. The first-order valence-electron chi connectivity index (χ1n) is 6.75. The molecule has 1 unspecified atom stereocenters. The maximum Gasteiger partial charge on any atom is 0.242 e. The Kier molecular flexibility index (Phi) is 3.43. The van der Waals surface area contributed by atoms with Crippen LogP contribution < -0.4 is 16.0 Å². The molecule has 0 fully saturated rings. The summed E-state index contributed by atoms with van der Waals surface area (Å²) in [7, 11) is 0. The highest BCUT2D eigenvalue weighted by molar-refractivity contribution is 5.88. The molecular weight excluding hydrogens is 238 g/mol. The van der Waals surface area contributed by atoms with Gasteiger partial charge in [-0.3, -0.25) is 4.79 Å². The molecule has 1 aromatic rings. The fourth-order valence-electron chi connectivity index (χ4n) is 2.52. The summed E-state index contributed by atoms with van der Waals surface area (Å²) in [5, 5.41) is 3.02. The van der Waals surface area contributed by atoms with Crippen LogP contribution in [-0.2, 0) is 11.2 Å². The zero-order valence-corrected chi connectivity index (χ0v) is 12.2. The van der Waals surface area contributed by atoms with Crippen LogP contribution in [-0.4, -0.2) is 24.0 Å². The van der Waals surface area contributed by atoms with Crippen molar-refractivity contribution in [2.75, 3.05) is 17.2 Å². The lowest BCUT2D eigenvalue weighted by Crippen LogP contribution is -2.50. The first kappa shape index (κ1) is 13.7. The predicted molar refractivity (Wildman–Crippen MR) is 79.3 cm³/mol. The summed E-state index contributed by atoms with van der Waals surface area (Å²) in [4.78, 5) is 14.4. The molecule has 0 saturated carbocycles. The number of benzene rings is 1. The number of hydrogen-bond acceptors (Lipinski definition) is 3. The van der Waals surface area contributed by atoms with Crippen LogP contribution in [0.25, 0.3) is 0 Å². The van der Waals surface area contributed by atoms with E-state index in [1.165, 1.54) is 5.56 Å². The van der Waals surface area contributed by atoms with Crippen molar-refractivity contribution in [3.63, 3.8) is 0 Å². The molecule has 4 nitrogen and oxygen atoms in total. The van der Waals surface area contributed by atoms with Crippen molar-refractivity contribution < 1.29 is 4.79 Å². The minimum absolute atomic E-state index is 0.0450. The van der Waals surface area contributed by atoms with Crippen molar-refractivity contribution >= 4 is 17.3 Å². The van der Waals surface area contributed by atoms with E-state index in [0.717, 1.165) is 24.3 Å². The molecular formula is C15H23N3O. The Morgan fingerprint density at radius 1 is 1.42 bits per heavy atom. The summed E-state index contributed by atoms with van der Waals surface area (Å²) < 4.78 is 0. The van der Waals surface area contributed by atoms with Crippen LogP contribution in [0.1, 0.15) is 33.3 Å². The van der Waals surface area contributed by atoms with Gasteiger partial charge in [0.05, 0.1) is 11.4 Å². The van der Waals surface area contributed by atoms with Crippen LogP contribution in [0, 0.1) is 0 Å². The van der Waals surface area contributed by atoms with Gasteiger partial charge in [-0.2, -0.15) is 0 Å².